The number of methoxy groups -OCH3 is 1. The predicted molar refractivity (Wildman–Crippen MR) is 130 cm³/mol. The van der Waals surface area contributed by atoms with Crippen molar-refractivity contribution in [3.8, 4) is 28.7 Å². The first-order chi connectivity index (χ1) is 16.8. The van der Waals surface area contributed by atoms with Crippen LogP contribution in [0.1, 0.15) is 30.8 Å². The number of nitriles is 1. The molecule has 0 radical (unpaired) electrons. The van der Waals surface area contributed by atoms with Crippen molar-refractivity contribution in [1.29, 1.82) is 5.26 Å². The van der Waals surface area contributed by atoms with E-state index < -0.39 is 5.60 Å². The van der Waals surface area contributed by atoms with Crippen molar-refractivity contribution in [3.63, 3.8) is 0 Å². The van der Waals surface area contributed by atoms with E-state index in [2.05, 4.69) is 36.7 Å². The lowest BCUT2D eigenvalue weighted by atomic mass is 10.1. The molecular weight excluding hydrogens is 444 g/mol. The second-order valence-electron chi connectivity index (χ2n) is 8.68. The zero-order valence-electron chi connectivity index (χ0n) is 19.8. The van der Waals surface area contributed by atoms with Gasteiger partial charge in [-0.2, -0.15) is 5.26 Å². The van der Waals surface area contributed by atoms with Crippen molar-refractivity contribution < 1.29 is 9.84 Å². The first-order valence-corrected chi connectivity index (χ1v) is 11.0. The van der Waals surface area contributed by atoms with Crippen LogP contribution in [0.25, 0.3) is 22.6 Å². The van der Waals surface area contributed by atoms with Crippen LogP contribution in [0.2, 0.25) is 0 Å². The number of aliphatic hydroxyl groups is 1. The number of hydrogen-bond donors (Lipinski definition) is 2. The average molecular weight is 471 g/mol. The zero-order valence-corrected chi connectivity index (χ0v) is 19.8. The number of anilines is 1. The minimum absolute atomic E-state index is 0.254. The summed E-state index contributed by atoms with van der Waals surface area (Å²) in [5.41, 5.74) is 3.76. The molecule has 0 saturated carbocycles. The Bertz CT molecular complexity index is 1350. The number of aromatic nitrogens is 6. The van der Waals surface area contributed by atoms with E-state index in [9.17, 15) is 10.4 Å². The molecule has 178 valence electrons. The molecule has 10 heteroatoms. The van der Waals surface area contributed by atoms with Crippen molar-refractivity contribution in [2.75, 3.05) is 19.0 Å². The highest BCUT2D eigenvalue weighted by molar-refractivity contribution is 5.68. The Labute approximate surface area is 203 Å². The SMILES string of the molecule is COCc1cccc(Cn2cc(-c3cc(-c4cccc(C#N)c4)nc(NCC(C)(C)O)n3)nn2)n1. The van der Waals surface area contributed by atoms with E-state index in [0.717, 1.165) is 17.0 Å². The highest BCUT2D eigenvalue weighted by Gasteiger charge is 2.16. The molecule has 0 spiro atoms. The van der Waals surface area contributed by atoms with Gasteiger partial charge in [-0.25, -0.2) is 14.6 Å². The van der Waals surface area contributed by atoms with Gasteiger partial charge in [0.05, 0.1) is 59.4 Å². The number of hydrogen-bond acceptors (Lipinski definition) is 9. The molecule has 0 saturated heterocycles. The summed E-state index contributed by atoms with van der Waals surface area (Å²) in [6.07, 6.45) is 1.79. The Kier molecular flexibility index (Phi) is 7.10. The largest absolute Gasteiger partial charge is 0.389 e. The highest BCUT2D eigenvalue weighted by Crippen LogP contribution is 2.25. The van der Waals surface area contributed by atoms with Crippen molar-refractivity contribution in [2.45, 2.75) is 32.6 Å². The fourth-order valence-electron chi connectivity index (χ4n) is 3.35. The Balaban J connectivity index is 1.66. The molecule has 0 amide bonds. The van der Waals surface area contributed by atoms with Crippen LogP contribution in [0.4, 0.5) is 5.95 Å². The molecule has 3 heterocycles. The lowest BCUT2D eigenvalue weighted by Gasteiger charge is -2.18. The third kappa shape index (κ3) is 6.44. The summed E-state index contributed by atoms with van der Waals surface area (Å²) in [6.45, 7) is 4.53. The van der Waals surface area contributed by atoms with Crippen molar-refractivity contribution >= 4 is 5.95 Å². The Morgan fingerprint density at radius 1 is 1.03 bits per heavy atom. The first kappa shape index (κ1) is 23.9. The van der Waals surface area contributed by atoms with Crippen LogP contribution in [0.5, 0.6) is 0 Å². The molecule has 2 N–H and O–H groups in total. The monoisotopic (exact) mass is 470 g/mol. The Morgan fingerprint density at radius 3 is 2.57 bits per heavy atom. The summed E-state index contributed by atoms with van der Waals surface area (Å²) in [5.74, 6) is 0.338. The van der Waals surface area contributed by atoms with Crippen molar-refractivity contribution in [3.05, 3.63) is 71.7 Å². The number of ether oxygens (including phenoxy) is 1. The maximum atomic E-state index is 10.1. The predicted octanol–water partition coefficient (Wildman–Crippen LogP) is 3.05. The van der Waals surface area contributed by atoms with E-state index in [1.807, 2.05) is 24.3 Å². The van der Waals surface area contributed by atoms with Crippen LogP contribution in [-0.2, 0) is 17.9 Å². The van der Waals surface area contributed by atoms with Gasteiger partial charge in [0, 0.05) is 19.2 Å². The van der Waals surface area contributed by atoms with E-state index >= 15 is 0 Å². The molecule has 35 heavy (non-hydrogen) atoms. The maximum absolute atomic E-state index is 10.1. The number of pyridine rings is 1. The average Bonchev–Trinajstić information content (AvgIpc) is 3.31. The standard InChI is InChI=1S/C25H26N8O2/c1-25(2,34)16-27-24-29-21(18-7-4-6-17(10-18)12-26)11-22(30-24)23-14-33(32-31-23)13-19-8-5-9-20(28-19)15-35-3/h4-11,14,34H,13,15-16H2,1-3H3,(H,27,29,30). The minimum Gasteiger partial charge on any atom is -0.389 e. The third-order valence-electron chi connectivity index (χ3n) is 4.97. The molecule has 0 aliphatic rings. The molecule has 1 aromatic carbocycles. The van der Waals surface area contributed by atoms with Gasteiger partial charge in [-0.05, 0) is 44.2 Å². The molecule has 0 atom stereocenters. The molecule has 10 nitrogen and oxygen atoms in total. The topological polar surface area (TPSA) is 135 Å². The van der Waals surface area contributed by atoms with Gasteiger partial charge in [0.2, 0.25) is 5.95 Å². The molecule has 0 bridgehead atoms. The fourth-order valence-corrected chi connectivity index (χ4v) is 3.35. The number of nitrogens with zero attached hydrogens (tertiary/aromatic N) is 7. The van der Waals surface area contributed by atoms with E-state index in [4.69, 9.17) is 4.74 Å². The van der Waals surface area contributed by atoms with Crippen LogP contribution < -0.4 is 5.32 Å². The molecule has 0 unspecified atom stereocenters. The second kappa shape index (κ2) is 10.4. The van der Waals surface area contributed by atoms with Crippen LogP contribution in [0, 0.1) is 11.3 Å². The first-order valence-electron chi connectivity index (χ1n) is 11.0. The Morgan fingerprint density at radius 2 is 1.80 bits per heavy atom. The summed E-state index contributed by atoms with van der Waals surface area (Å²) >= 11 is 0. The molecule has 3 aromatic heterocycles. The normalized spacial score (nSPS) is 11.3. The van der Waals surface area contributed by atoms with Crippen LogP contribution in [-0.4, -0.2) is 54.3 Å². The summed E-state index contributed by atoms with van der Waals surface area (Å²) < 4.78 is 6.85. The van der Waals surface area contributed by atoms with E-state index in [1.54, 1.807) is 56.1 Å². The van der Waals surface area contributed by atoms with Gasteiger partial charge in [0.25, 0.3) is 0 Å². The fraction of sp³-hybridized carbons (Fsp3) is 0.280. The molecule has 4 rings (SSSR count). The highest BCUT2D eigenvalue weighted by atomic mass is 16.5. The third-order valence-corrected chi connectivity index (χ3v) is 4.97. The lowest BCUT2D eigenvalue weighted by Crippen LogP contribution is -2.30. The number of benzene rings is 1. The molecule has 0 aliphatic carbocycles. The molecule has 0 aliphatic heterocycles. The summed E-state index contributed by atoms with van der Waals surface area (Å²) in [5, 5.41) is 31.0. The van der Waals surface area contributed by atoms with Crippen molar-refractivity contribution in [1.82, 2.24) is 29.9 Å². The smallest absolute Gasteiger partial charge is 0.223 e. The van der Waals surface area contributed by atoms with Gasteiger partial charge >= 0.3 is 0 Å². The summed E-state index contributed by atoms with van der Waals surface area (Å²) in [4.78, 5) is 13.7. The van der Waals surface area contributed by atoms with Gasteiger partial charge < -0.3 is 15.2 Å². The second-order valence-corrected chi connectivity index (χ2v) is 8.68. The summed E-state index contributed by atoms with van der Waals surface area (Å²) in [7, 11) is 1.63. The quantitative estimate of drug-likeness (QED) is 0.378. The minimum atomic E-state index is -0.951. The summed E-state index contributed by atoms with van der Waals surface area (Å²) in [6, 6.07) is 16.9. The number of nitrogens with one attached hydrogen (secondary N) is 1. The van der Waals surface area contributed by atoms with Gasteiger partial charge in [-0.1, -0.05) is 23.4 Å². The van der Waals surface area contributed by atoms with Crippen LogP contribution in [0.15, 0.2) is 54.7 Å². The van der Waals surface area contributed by atoms with Crippen molar-refractivity contribution in [2.24, 2.45) is 0 Å². The molecular formula is C25H26N8O2. The molecule has 4 aromatic rings. The van der Waals surface area contributed by atoms with Crippen LogP contribution in [0.3, 0.4) is 0 Å². The Hall–Kier alpha value is -4.20. The van der Waals surface area contributed by atoms with Gasteiger partial charge in [0.1, 0.15) is 5.69 Å². The maximum Gasteiger partial charge on any atom is 0.223 e. The van der Waals surface area contributed by atoms with Gasteiger partial charge in [0.15, 0.2) is 0 Å². The van der Waals surface area contributed by atoms with E-state index in [-0.39, 0.29) is 6.54 Å². The molecule has 0 fully saturated rings. The lowest BCUT2D eigenvalue weighted by molar-refractivity contribution is 0.0943. The van der Waals surface area contributed by atoms with E-state index in [1.165, 1.54) is 0 Å². The number of rotatable bonds is 9. The van der Waals surface area contributed by atoms with Gasteiger partial charge in [-0.15, -0.1) is 5.10 Å². The zero-order chi connectivity index (χ0) is 24.8. The van der Waals surface area contributed by atoms with Gasteiger partial charge in [-0.3, -0.25) is 4.98 Å². The van der Waals surface area contributed by atoms with Crippen LogP contribution >= 0.6 is 0 Å². The van der Waals surface area contributed by atoms with E-state index in [0.29, 0.717) is 41.7 Å².